The first kappa shape index (κ1) is 21.3. The lowest BCUT2D eigenvalue weighted by Crippen LogP contribution is -2.27. The Morgan fingerprint density at radius 3 is 2.30 bits per heavy atom. The van der Waals surface area contributed by atoms with Gasteiger partial charge in [0.25, 0.3) is 5.91 Å². The van der Waals surface area contributed by atoms with Crippen LogP contribution in [-0.4, -0.2) is 12.5 Å². The van der Waals surface area contributed by atoms with Crippen molar-refractivity contribution in [3.63, 3.8) is 0 Å². The summed E-state index contributed by atoms with van der Waals surface area (Å²) in [6.45, 7) is -1.07. The van der Waals surface area contributed by atoms with E-state index in [4.69, 9.17) is 0 Å². The Morgan fingerprint density at radius 1 is 1.00 bits per heavy atom. The second kappa shape index (κ2) is 9.90. The van der Waals surface area contributed by atoms with Crippen LogP contribution in [0.1, 0.15) is 34.5 Å². The molecule has 0 aliphatic heterocycles. The van der Waals surface area contributed by atoms with E-state index >= 15 is 0 Å². The van der Waals surface area contributed by atoms with Crippen LogP contribution in [0.25, 0.3) is 0 Å². The van der Waals surface area contributed by atoms with Gasteiger partial charge in [-0.15, -0.1) is 0 Å². The highest BCUT2D eigenvalue weighted by Gasteiger charge is 2.16. The van der Waals surface area contributed by atoms with E-state index in [0.717, 1.165) is 15.4 Å². The van der Waals surface area contributed by atoms with Gasteiger partial charge in [0.2, 0.25) is 0 Å². The topological polar surface area (TPSA) is 62.1 Å². The lowest BCUT2D eigenvalue weighted by Gasteiger charge is -2.16. The van der Waals surface area contributed by atoms with E-state index in [2.05, 4.69) is 16.1 Å². The number of halogens is 2. The zero-order chi connectivity index (χ0) is 21.5. The van der Waals surface area contributed by atoms with Crippen molar-refractivity contribution < 1.29 is 18.3 Å². The third kappa shape index (κ3) is 5.37. The van der Waals surface area contributed by atoms with Crippen LogP contribution < -0.4 is 10.1 Å². The number of carbonyl (C=O) groups is 1. The van der Waals surface area contributed by atoms with Gasteiger partial charge in [0.1, 0.15) is 11.8 Å². The molecule has 3 aromatic rings. The van der Waals surface area contributed by atoms with Crippen molar-refractivity contribution in [2.24, 2.45) is 0 Å². The lowest BCUT2D eigenvalue weighted by atomic mass is 10.1. The summed E-state index contributed by atoms with van der Waals surface area (Å²) in [5.74, 6) is -0.210. The van der Waals surface area contributed by atoms with Crippen LogP contribution in [0.4, 0.5) is 8.78 Å². The normalized spacial score (nSPS) is 11.6. The summed E-state index contributed by atoms with van der Waals surface area (Å²) >= 11 is 1.35. The molecule has 4 nitrogen and oxygen atoms in total. The fourth-order valence-electron chi connectivity index (χ4n) is 2.81. The number of nitrogens with zero attached hydrogens (tertiary/aromatic N) is 1. The van der Waals surface area contributed by atoms with E-state index in [1.165, 1.54) is 23.9 Å². The van der Waals surface area contributed by atoms with Crippen LogP contribution in [0.5, 0.6) is 5.75 Å². The SMILES string of the molecule is CC(NC(=O)c1ccccc1Sc1ccccc1C#N)c1ccc(OC(F)F)cc1. The molecule has 0 saturated heterocycles. The number of hydrogen-bond acceptors (Lipinski definition) is 4. The highest BCUT2D eigenvalue weighted by molar-refractivity contribution is 7.99. The summed E-state index contributed by atoms with van der Waals surface area (Å²) in [4.78, 5) is 14.4. The van der Waals surface area contributed by atoms with Gasteiger partial charge in [-0.1, -0.05) is 48.2 Å². The summed E-state index contributed by atoms with van der Waals surface area (Å²) < 4.78 is 28.9. The Kier molecular flexibility index (Phi) is 7.04. The minimum absolute atomic E-state index is 0.0604. The van der Waals surface area contributed by atoms with Crippen LogP contribution in [0.3, 0.4) is 0 Å². The molecule has 152 valence electrons. The van der Waals surface area contributed by atoms with Crippen LogP contribution in [0.15, 0.2) is 82.6 Å². The maximum atomic E-state index is 12.9. The molecule has 0 aromatic heterocycles. The fraction of sp³-hybridized carbons (Fsp3) is 0.130. The van der Waals surface area contributed by atoms with Crippen molar-refractivity contribution in [3.05, 3.63) is 89.5 Å². The molecule has 1 N–H and O–H groups in total. The molecule has 1 unspecified atom stereocenters. The van der Waals surface area contributed by atoms with Crippen LogP contribution in [-0.2, 0) is 0 Å². The van der Waals surface area contributed by atoms with Crippen molar-refractivity contribution in [1.29, 1.82) is 5.26 Å². The number of benzene rings is 3. The van der Waals surface area contributed by atoms with Crippen LogP contribution >= 0.6 is 11.8 Å². The summed E-state index contributed by atoms with van der Waals surface area (Å²) in [6.07, 6.45) is 0. The molecule has 0 saturated carbocycles. The number of hydrogen-bond donors (Lipinski definition) is 1. The van der Waals surface area contributed by atoms with Crippen molar-refractivity contribution in [1.82, 2.24) is 5.32 Å². The lowest BCUT2D eigenvalue weighted by molar-refractivity contribution is -0.0498. The minimum atomic E-state index is -2.88. The molecular formula is C23H18F2N2O2S. The van der Waals surface area contributed by atoms with Gasteiger partial charge in [-0.25, -0.2) is 0 Å². The van der Waals surface area contributed by atoms with Crippen LogP contribution in [0.2, 0.25) is 0 Å². The molecule has 0 fully saturated rings. The van der Waals surface area contributed by atoms with Gasteiger partial charge in [-0.2, -0.15) is 14.0 Å². The number of alkyl halides is 2. The first-order valence-electron chi connectivity index (χ1n) is 9.09. The van der Waals surface area contributed by atoms with E-state index in [0.29, 0.717) is 11.1 Å². The molecule has 30 heavy (non-hydrogen) atoms. The summed E-state index contributed by atoms with van der Waals surface area (Å²) in [6, 6.07) is 22.3. The van der Waals surface area contributed by atoms with Gasteiger partial charge in [0, 0.05) is 9.79 Å². The minimum Gasteiger partial charge on any atom is -0.435 e. The molecular weight excluding hydrogens is 406 g/mol. The molecule has 7 heteroatoms. The molecule has 0 aliphatic carbocycles. The first-order valence-corrected chi connectivity index (χ1v) is 9.91. The molecule has 0 heterocycles. The molecule has 1 amide bonds. The number of rotatable bonds is 7. The second-order valence-corrected chi connectivity index (χ2v) is 7.43. The fourth-order valence-corrected chi connectivity index (χ4v) is 3.83. The van der Waals surface area contributed by atoms with Crippen molar-refractivity contribution >= 4 is 17.7 Å². The number of nitriles is 1. The number of carbonyl (C=O) groups excluding carboxylic acids is 1. The molecule has 3 rings (SSSR count). The van der Waals surface area contributed by atoms with Gasteiger partial charge in [0.05, 0.1) is 17.2 Å². The predicted octanol–water partition coefficient (Wildman–Crippen LogP) is 5.80. The van der Waals surface area contributed by atoms with Crippen molar-refractivity contribution in [2.45, 2.75) is 29.4 Å². The van der Waals surface area contributed by atoms with E-state index < -0.39 is 6.61 Å². The van der Waals surface area contributed by atoms with Crippen LogP contribution in [0, 0.1) is 11.3 Å². The maximum absolute atomic E-state index is 12.9. The summed E-state index contributed by atoms with van der Waals surface area (Å²) in [5, 5.41) is 12.2. The molecule has 0 bridgehead atoms. The Bertz CT molecular complexity index is 1070. The Labute approximate surface area is 177 Å². The van der Waals surface area contributed by atoms with E-state index in [1.807, 2.05) is 31.2 Å². The zero-order valence-electron chi connectivity index (χ0n) is 16.0. The van der Waals surface area contributed by atoms with Gasteiger partial charge in [0.15, 0.2) is 0 Å². The summed E-state index contributed by atoms with van der Waals surface area (Å²) in [5.41, 5.74) is 1.78. The Morgan fingerprint density at radius 2 is 1.63 bits per heavy atom. The molecule has 0 aliphatic rings. The molecule has 0 spiro atoms. The molecule has 0 radical (unpaired) electrons. The Balaban J connectivity index is 1.75. The highest BCUT2D eigenvalue weighted by atomic mass is 32.2. The number of nitrogens with one attached hydrogen (secondary N) is 1. The second-order valence-electron chi connectivity index (χ2n) is 6.35. The molecule has 1 atom stereocenters. The maximum Gasteiger partial charge on any atom is 0.387 e. The van der Waals surface area contributed by atoms with Crippen molar-refractivity contribution in [2.75, 3.05) is 0 Å². The van der Waals surface area contributed by atoms with E-state index in [1.54, 1.807) is 36.4 Å². The quantitative estimate of drug-likeness (QED) is 0.521. The van der Waals surface area contributed by atoms with E-state index in [-0.39, 0.29) is 17.7 Å². The zero-order valence-corrected chi connectivity index (χ0v) is 16.8. The monoisotopic (exact) mass is 424 g/mol. The first-order chi connectivity index (χ1) is 14.5. The average molecular weight is 424 g/mol. The van der Waals surface area contributed by atoms with Gasteiger partial charge >= 0.3 is 6.61 Å². The Hall–Kier alpha value is -3.37. The third-order valence-corrected chi connectivity index (χ3v) is 5.46. The predicted molar refractivity (Wildman–Crippen MR) is 111 cm³/mol. The average Bonchev–Trinajstić information content (AvgIpc) is 2.74. The summed E-state index contributed by atoms with van der Waals surface area (Å²) in [7, 11) is 0. The smallest absolute Gasteiger partial charge is 0.387 e. The highest BCUT2D eigenvalue weighted by Crippen LogP contribution is 2.33. The standard InChI is InChI=1S/C23H18F2N2O2S/c1-15(16-10-12-18(13-11-16)29-23(24)25)27-22(28)19-7-3-5-9-21(19)30-20-8-4-2-6-17(20)14-26/h2-13,15,23H,1H3,(H,27,28). The molecule has 3 aromatic carbocycles. The number of amides is 1. The largest absolute Gasteiger partial charge is 0.435 e. The third-order valence-electron chi connectivity index (χ3n) is 4.31. The number of ether oxygens (including phenoxy) is 1. The van der Waals surface area contributed by atoms with E-state index in [9.17, 15) is 18.8 Å². The van der Waals surface area contributed by atoms with Gasteiger partial charge < -0.3 is 10.1 Å². The van der Waals surface area contributed by atoms with Gasteiger partial charge in [-0.3, -0.25) is 4.79 Å². The van der Waals surface area contributed by atoms with Gasteiger partial charge in [-0.05, 0) is 48.9 Å². The van der Waals surface area contributed by atoms with Crippen molar-refractivity contribution in [3.8, 4) is 11.8 Å².